The number of benzene rings is 1. The van der Waals surface area contributed by atoms with Gasteiger partial charge in [-0.05, 0) is 52.4 Å². The first-order valence-corrected chi connectivity index (χ1v) is 6.30. The Kier molecular flexibility index (Phi) is 5.59. The molecule has 0 aromatic heterocycles. The van der Waals surface area contributed by atoms with Gasteiger partial charge in [0.1, 0.15) is 0 Å². The third-order valence-electron chi connectivity index (χ3n) is 2.86. The highest BCUT2D eigenvalue weighted by Gasteiger charge is 2.22. The van der Waals surface area contributed by atoms with Crippen molar-refractivity contribution < 1.29 is 9.84 Å². The molecule has 0 aliphatic heterocycles. The summed E-state index contributed by atoms with van der Waals surface area (Å²) < 4.78 is 5.70. The van der Waals surface area contributed by atoms with Crippen LogP contribution in [0.25, 0.3) is 0 Å². The first-order chi connectivity index (χ1) is 8.44. The molecule has 102 valence electrons. The summed E-state index contributed by atoms with van der Waals surface area (Å²) in [5.41, 5.74) is 6.66. The molecule has 0 amide bonds. The van der Waals surface area contributed by atoms with Crippen molar-refractivity contribution in [1.29, 1.82) is 0 Å². The second kappa shape index (κ2) is 6.73. The smallest absolute Gasteiger partial charge is 0.181 e. The van der Waals surface area contributed by atoms with Gasteiger partial charge < -0.3 is 20.9 Å². The van der Waals surface area contributed by atoms with E-state index in [4.69, 9.17) is 10.5 Å². The number of rotatable bonds is 7. The maximum absolute atomic E-state index is 10.0. The number of hydrogen-bond donors (Lipinski definition) is 3. The van der Waals surface area contributed by atoms with Gasteiger partial charge in [-0.1, -0.05) is 12.1 Å². The summed E-state index contributed by atoms with van der Waals surface area (Å²) in [5, 5.41) is 13.1. The summed E-state index contributed by atoms with van der Waals surface area (Å²) >= 11 is 0. The van der Waals surface area contributed by atoms with Gasteiger partial charge in [0.05, 0.1) is 5.60 Å². The molecule has 0 saturated carbocycles. The number of nitrogens with two attached hydrogens (primary N) is 1. The quantitative estimate of drug-likeness (QED) is 0.395. The van der Waals surface area contributed by atoms with Gasteiger partial charge in [0.25, 0.3) is 0 Å². The van der Waals surface area contributed by atoms with Crippen molar-refractivity contribution in [3.8, 4) is 0 Å². The Balaban J connectivity index is 2.52. The van der Waals surface area contributed by atoms with E-state index < -0.39 is 6.29 Å². The fourth-order valence-corrected chi connectivity index (χ4v) is 1.78. The van der Waals surface area contributed by atoms with Crippen LogP contribution in [-0.2, 0) is 4.74 Å². The van der Waals surface area contributed by atoms with E-state index >= 15 is 0 Å². The molecule has 1 atom stereocenters. The van der Waals surface area contributed by atoms with Crippen LogP contribution in [0, 0.1) is 0 Å². The van der Waals surface area contributed by atoms with E-state index in [0.29, 0.717) is 5.69 Å². The predicted molar refractivity (Wildman–Crippen MR) is 74.1 cm³/mol. The molecule has 4 heteroatoms. The van der Waals surface area contributed by atoms with E-state index in [1.54, 1.807) is 24.3 Å². The second-order valence-corrected chi connectivity index (χ2v) is 5.10. The maximum Gasteiger partial charge on any atom is 0.181 e. The zero-order valence-electron chi connectivity index (χ0n) is 11.4. The Morgan fingerprint density at radius 1 is 1.33 bits per heavy atom. The molecular weight excluding hydrogens is 228 g/mol. The Morgan fingerprint density at radius 2 is 1.94 bits per heavy atom. The summed E-state index contributed by atoms with van der Waals surface area (Å²) in [5.74, 6) is 0. The number of nitrogens with one attached hydrogen (secondary N) is 1. The lowest BCUT2D eigenvalue weighted by molar-refractivity contribution is -0.179. The normalized spacial score (nSPS) is 13.6. The van der Waals surface area contributed by atoms with Crippen LogP contribution in [0.15, 0.2) is 24.3 Å². The number of hydrogen-bond acceptors (Lipinski definition) is 4. The number of ether oxygens (including phenoxy) is 1. The molecular formula is C14H24N2O2. The van der Waals surface area contributed by atoms with Crippen LogP contribution >= 0.6 is 0 Å². The highest BCUT2D eigenvalue weighted by Crippen LogP contribution is 2.25. The maximum atomic E-state index is 10.0. The van der Waals surface area contributed by atoms with Crippen LogP contribution in [0.3, 0.4) is 0 Å². The molecule has 1 aromatic carbocycles. The molecule has 4 N–H and O–H groups in total. The third-order valence-corrected chi connectivity index (χ3v) is 2.86. The van der Waals surface area contributed by atoms with Gasteiger partial charge in [0.15, 0.2) is 6.29 Å². The number of aliphatic hydroxyl groups is 1. The number of anilines is 1. The largest absolute Gasteiger partial charge is 0.399 e. The standard InChI is InChI=1S/C14H24N2O2/c1-14(2,9-4-10-16-3)18-13(17)11-5-7-12(15)8-6-11/h5-8,13,16-17H,4,9-10,15H2,1-3H3. The molecule has 1 aromatic rings. The first-order valence-electron chi connectivity index (χ1n) is 6.30. The topological polar surface area (TPSA) is 67.5 Å². The highest BCUT2D eigenvalue weighted by molar-refractivity contribution is 5.39. The molecule has 0 aliphatic carbocycles. The van der Waals surface area contributed by atoms with Crippen molar-refractivity contribution in [2.75, 3.05) is 19.3 Å². The van der Waals surface area contributed by atoms with E-state index in [2.05, 4.69) is 5.32 Å². The fourth-order valence-electron chi connectivity index (χ4n) is 1.78. The minimum atomic E-state index is -0.907. The van der Waals surface area contributed by atoms with Gasteiger partial charge in [0.2, 0.25) is 0 Å². The first kappa shape index (κ1) is 15.0. The summed E-state index contributed by atoms with van der Waals surface area (Å²) in [7, 11) is 1.93. The van der Waals surface area contributed by atoms with E-state index in [0.717, 1.165) is 24.9 Å². The van der Waals surface area contributed by atoms with E-state index in [1.165, 1.54) is 0 Å². The lowest BCUT2D eigenvalue weighted by Crippen LogP contribution is -2.28. The SMILES string of the molecule is CNCCCC(C)(C)OC(O)c1ccc(N)cc1. The van der Waals surface area contributed by atoms with E-state index in [9.17, 15) is 5.11 Å². The van der Waals surface area contributed by atoms with Crippen LogP contribution < -0.4 is 11.1 Å². The van der Waals surface area contributed by atoms with Crippen molar-refractivity contribution in [2.24, 2.45) is 0 Å². The fraction of sp³-hybridized carbons (Fsp3) is 0.571. The summed E-state index contributed by atoms with van der Waals surface area (Å²) in [6.07, 6.45) is 0.993. The minimum Gasteiger partial charge on any atom is -0.399 e. The predicted octanol–water partition coefficient (Wildman–Crippen LogP) is 2.05. The van der Waals surface area contributed by atoms with Crippen LogP contribution in [0.4, 0.5) is 5.69 Å². The van der Waals surface area contributed by atoms with Crippen LogP contribution in [0.2, 0.25) is 0 Å². The van der Waals surface area contributed by atoms with Gasteiger partial charge >= 0.3 is 0 Å². The Hall–Kier alpha value is -1.10. The van der Waals surface area contributed by atoms with Crippen LogP contribution in [0.5, 0.6) is 0 Å². The Labute approximate surface area is 109 Å². The van der Waals surface area contributed by atoms with Crippen LogP contribution in [0.1, 0.15) is 38.5 Å². The lowest BCUT2D eigenvalue weighted by Gasteiger charge is -2.28. The average molecular weight is 252 g/mol. The Morgan fingerprint density at radius 3 is 2.50 bits per heavy atom. The molecule has 1 unspecified atom stereocenters. The zero-order chi connectivity index (χ0) is 13.6. The highest BCUT2D eigenvalue weighted by atomic mass is 16.6. The van der Waals surface area contributed by atoms with Gasteiger partial charge in [0, 0.05) is 11.3 Å². The van der Waals surface area contributed by atoms with Crippen molar-refractivity contribution in [1.82, 2.24) is 5.32 Å². The molecule has 0 fully saturated rings. The summed E-state index contributed by atoms with van der Waals surface area (Å²) in [6, 6.07) is 7.08. The van der Waals surface area contributed by atoms with Crippen molar-refractivity contribution in [2.45, 2.75) is 38.6 Å². The molecule has 0 aliphatic rings. The van der Waals surface area contributed by atoms with Gasteiger partial charge in [-0.15, -0.1) is 0 Å². The monoisotopic (exact) mass is 252 g/mol. The van der Waals surface area contributed by atoms with Crippen molar-refractivity contribution >= 4 is 5.69 Å². The van der Waals surface area contributed by atoms with Crippen LogP contribution in [-0.4, -0.2) is 24.3 Å². The second-order valence-electron chi connectivity index (χ2n) is 5.10. The minimum absolute atomic E-state index is 0.350. The average Bonchev–Trinajstić information content (AvgIpc) is 2.29. The lowest BCUT2D eigenvalue weighted by atomic mass is 10.0. The molecule has 4 nitrogen and oxygen atoms in total. The van der Waals surface area contributed by atoms with Gasteiger partial charge in [-0.2, -0.15) is 0 Å². The molecule has 1 rings (SSSR count). The van der Waals surface area contributed by atoms with Crippen molar-refractivity contribution in [3.05, 3.63) is 29.8 Å². The number of aliphatic hydroxyl groups excluding tert-OH is 1. The third kappa shape index (κ3) is 5.04. The molecule has 0 bridgehead atoms. The van der Waals surface area contributed by atoms with E-state index in [-0.39, 0.29) is 5.60 Å². The molecule has 0 spiro atoms. The van der Waals surface area contributed by atoms with Gasteiger partial charge in [-0.3, -0.25) is 0 Å². The Bertz CT molecular complexity index is 349. The molecule has 0 heterocycles. The molecule has 0 saturated heterocycles. The van der Waals surface area contributed by atoms with Crippen molar-refractivity contribution in [3.63, 3.8) is 0 Å². The summed E-state index contributed by atoms with van der Waals surface area (Å²) in [4.78, 5) is 0. The molecule has 0 radical (unpaired) electrons. The number of nitrogen functional groups attached to an aromatic ring is 1. The summed E-state index contributed by atoms with van der Waals surface area (Å²) in [6.45, 7) is 4.93. The van der Waals surface area contributed by atoms with E-state index in [1.807, 2.05) is 20.9 Å². The molecule has 18 heavy (non-hydrogen) atoms. The zero-order valence-corrected chi connectivity index (χ0v) is 11.4. The van der Waals surface area contributed by atoms with Gasteiger partial charge in [-0.25, -0.2) is 0 Å².